The van der Waals surface area contributed by atoms with Gasteiger partial charge in [-0.15, -0.1) is 0 Å². The molecule has 116 valence electrons. The Hall–Kier alpha value is -2.22. The number of carbonyl (C=O) groups excluding carboxylic acids is 1. The molecule has 1 amide bonds. The van der Waals surface area contributed by atoms with E-state index in [0.29, 0.717) is 0 Å². The van der Waals surface area contributed by atoms with Gasteiger partial charge < -0.3 is 14.7 Å². The minimum atomic E-state index is -1.08. The predicted octanol–water partition coefficient (Wildman–Crippen LogP) is -0.175. The minimum absolute atomic E-state index is 0.0212. The van der Waals surface area contributed by atoms with Crippen LogP contribution in [0.4, 0.5) is 0 Å². The molecule has 1 aromatic heterocycles. The molecule has 8 heteroatoms. The first kappa shape index (κ1) is 16.8. The summed E-state index contributed by atoms with van der Waals surface area (Å²) in [4.78, 5) is 36.0. The van der Waals surface area contributed by atoms with Gasteiger partial charge in [0.25, 0.3) is 11.5 Å². The van der Waals surface area contributed by atoms with Gasteiger partial charge in [-0.3, -0.25) is 9.59 Å². The maximum absolute atomic E-state index is 12.2. The third kappa shape index (κ3) is 4.12. The summed E-state index contributed by atoms with van der Waals surface area (Å²) in [5.41, 5.74) is -0.329. The Morgan fingerprint density at radius 3 is 2.67 bits per heavy atom. The highest BCUT2D eigenvalue weighted by atomic mass is 16.5. The lowest BCUT2D eigenvalue weighted by Crippen LogP contribution is -2.42. The topological polar surface area (TPSA) is 102 Å². The first-order valence-electron chi connectivity index (χ1n) is 6.49. The number of amides is 1. The molecule has 0 radical (unpaired) electrons. The van der Waals surface area contributed by atoms with Gasteiger partial charge in [0, 0.05) is 20.2 Å². The summed E-state index contributed by atoms with van der Waals surface area (Å²) >= 11 is 0. The normalized spacial score (nSPS) is 12.0. The lowest BCUT2D eigenvalue weighted by molar-refractivity contribution is -0.142. The highest BCUT2D eigenvalue weighted by Gasteiger charge is 2.26. The second kappa shape index (κ2) is 7.53. The molecule has 0 aliphatic rings. The maximum atomic E-state index is 12.2. The third-order valence-electron chi connectivity index (χ3n) is 3.05. The molecule has 0 bridgehead atoms. The lowest BCUT2D eigenvalue weighted by atomic mass is 10.2. The summed E-state index contributed by atoms with van der Waals surface area (Å²) in [6, 6.07) is 1.59. The number of hydrogen-bond acceptors (Lipinski definition) is 5. The van der Waals surface area contributed by atoms with Crippen molar-refractivity contribution in [3.63, 3.8) is 0 Å². The molecule has 0 saturated heterocycles. The van der Waals surface area contributed by atoms with E-state index >= 15 is 0 Å². The molecule has 0 saturated carbocycles. The number of aromatic nitrogens is 2. The average molecular weight is 297 g/mol. The number of rotatable bonds is 7. The number of hydrogen-bond donors (Lipinski definition) is 1. The molecule has 0 spiro atoms. The quantitative estimate of drug-likeness (QED) is 0.749. The molecule has 1 aromatic rings. The SMILES string of the molecule is CCC(C(=O)O)N(C)C(=O)c1ccc(=O)n(CCOC)n1. The second-order valence-electron chi connectivity index (χ2n) is 4.45. The standard InChI is InChI=1S/C13H19N3O5/c1-4-10(13(19)20)15(2)12(18)9-5-6-11(17)16(14-9)7-8-21-3/h5-6,10H,4,7-8H2,1-3H3,(H,19,20). The highest BCUT2D eigenvalue weighted by molar-refractivity contribution is 5.94. The number of carboxylic acids is 1. The first-order valence-corrected chi connectivity index (χ1v) is 6.49. The van der Waals surface area contributed by atoms with Crippen molar-refractivity contribution in [1.82, 2.24) is 14.7 Å². The fourth-order valence-corrected chi connectivity index (χ4v) is 1.84. The molecule has 1 atom stereocenters. The van der Waals surface area contributed by atoms with E-state index in [2.05, 4.69) is 5.10 Å². The third-order valence-corrected chi connectivity index (χ3v) is 3.05. The summed E-state index contributed by atoms with van der Waals surface area (Å²) in [6.45, 7) is 2.18. The van der Waals surface area contributed by atoms with Crippen molar-refractivity contribution >= 4 is 11.9 Å². The van der Waals surface area contributed by atoms with Crippen LogP contribution in [0.3, 0.4) is 0 Å². The van der Waals surface area contributed by atoms with Crippen LogP contribution in [0.25, 0.3) is 0 Å². The van der Waals surface area contributed by atoms with Crippen molar-refractivity contribution in [2.75, 3.05) is 20.8 Å². The van der Waals surface area contributed by atoms with Gasteiger partial charge in [0.2, 0.25) is 0 Å². The van der Waals surface area contributed by atoms with Gasteiger partial charge in [0.15, 0.2) is 0 Å². The van der Waals surface area contributed by atoms with E-state index in [1.165, 1.54) is 26.3 Å². The molecule has 8 nitrogen and oxygen atoms in total. The van der Waals surface area contributed by atoms with Crippen LogP contribution in [0.1, 0.15) is 23.8 Å². The fraction of sp³-hybridized carbons (Fsp3) is 0.538. The Labute approximate surface area is 121 Å². The van der Waals surface area contributed by atoms with Crippen LogP contribution in [0.2, 0.25) is 0 Å². The number of carbonyl (C=O) groups is 2. The fourth-order valence-electron chi connectivity index (χ4n) is 1.84. The zero-order chi connectivity index (χ0) is 16.0. The van der Waals surface area contributed by atoms with Gasteiger partial charge in [-0.2, -0.15) is 5.10 Å². The van der Waals surface area contributed by atoms with Gasteiger partial charge >= 0.3 is 5.97 Å². The number of carboxylic acid groups (broad SMARTS) is 1. The monoisotopic (exact) mass is 297 g/mol. The van der Waals surface area contributed by atoms with Crippen LogP contribution in [-0.4, -0.2) is 58.5 Å². The van der Waals surface area contributed by atoms with Gasteiger partial charge in [0.1, 0.15) is 11.7 Å². The molecule has 0 aliphatic carbocycles. The maximum Gasteiger partial charge on any atom is 0.326 e. The molecule has 0 aromatic carbocycles. The highest BCUT2D eigenvalue weighted by Crippen LogP contribution is 2.06. The smallest absolute Gasteiger partial charge is 0.326 e. The van der Waals surface area contributed by atoms with Crippen molar-refractivity contribution in [1.29, 1.82) is 0 Å². The van der Waals surface area contributed by atoms with Crippen molar-refractivity contribution in [2.24, 2.45) is 0 Å². The molecule has 21 heavy (non-hydrogen) atoms. The Balaban J connectivity index is 3.01. The second-order valence-corrected chi connectivity index (χ2v) is 4.45. The van der Waals surface area contributed by atoms with Crippen molar-refractivity contribution < 1.29 is 19.4 Å². The summed E-state index contributed by atoms with van der Waals surface area (Å²) in [5.74, 6) is -1.63. The lowest BCUT2D eigenvalue weighted by Gasteiger charge is -2.23. The minimum Gasteiger partial charge on any atom is -0.480 e. The summed E-state index contributed by atoms with van der Waals surface area (Å²) < 4.78 is 5.98. The van der Waals surface area contributed by atoms with Crippen LogP contribution < -0.4 is 5.56 Å². The van der Waals surface area contributed by atoms with E-state index in [9.17, 15) is 14.4 Å². The zero-order valence-electron chi connectivity index (χ0n) is 12.3. The largest absolute Gasteiger partial charge is 0.480 e. The van der Waals surface area contributed by atoms with Gasteiger partial charge in [0.05, 0.1) is 13.2 Å². The molecule has 1 N–H and O–H groups in total. The van der Waals surface area contributed by atoms with Crippen molar-refractivity contribution in [3.05, 3.63) is 28.2 Å². The number of methoxy groups -OCH3 is 1. The summed E-state index contributed by atoms with van der Waals surface area (Å²) in [7, 11) is 2.89. The predicted molar refractivity (Wildman–Crippen MR) is 74.2 cm³/mol. The number of nitrogens with zero attached hydrogens (tertiary/aromatic N) is 3. The van der Waals surface area contributed by atoms with Crippen LogP contribution in [-0.2, 0) is 16.1 Å². The molecule has 0 fully saturated rings. The Kier molecular flexibility index (Phi) is 6.04. The van der Waals surface area contributed by atoms with E-state index < -0.39 is 17.9 Å². The van der Waals surface area contributed by atoms with Crippen LogP contribution in [0, 0.1) is 0 Å². The van der Waals surface area contributed by atoms with E-state index in [4.69, 9.17) is 9.84 Å². The summed E-state index contributed by atoms with van der Waals surface area (Å²) in [6.07, 6.45) is 0.279. The molecular formula is C13H19N3O5. The van der Waals surface area contributed by atoms with Gasteiger partial charge in [-0.05, 0) is 12.5 Å². The van der Waals surface area contributed by atoms with Crippen LogP contribution in [0.5, 0.6) is 0 Å². The first-order chi connectivity index (χ1) is 9.92. The number of ether oxygens (including phenoxy) is 1. The molecule has 1 heterocycles. The van der Waals surface area contributed by atoms with Crippen LogP contribution in [0.15, 0.2) is 16.9 Å². The van der Waals surface area contributed by atoms with E-state index in [-0.39, 0.29) is 30.8 Å². The van der Waals surface area contributed by atoms with Gasteiger partial charge in [-0.1, -0.05) is 6.92 Å². The van der Waals surface area contributed by atoms with E-state index in [1.54, 1.807) is 6.92 Å². The summed E-state index contributed by atoms with van der Waals surface area (Å²) in [5, 5.41) is 13.0. The number of aliphatic carboxylic acids is 1. The Morgan fingerprint density at radius 2 is 2.14 bits per heavy atom. The molecule has 1 unspecified atom stereocenters. The Bertz CT molecular complexity index is 569. The molecule has 0 aliphatic heterocycles. The van der Waals surface area contributed by atoms with E-state index in [0.717, 1.165) is 9.58 Å². The molecule has 1 rings (SSSR count). The Morgan fingerprint density at radius 1 is 1.48 bits per heavy atom. The van der Waals surface area contributed by atoms with E-state index in [1.807, 2.05) is 0 Å². The average Bonchev–Trinajstić information content (AvgIpc) is 2.45. The zero-order valence-corrected chi connectivity index (χ0v) is 12.3. The van der Waals surface area contributed by atoms with Crippen molar-refractivity contribution in [2.45, 2.75) is 25.9 Å². The number of likely N-dealkylation sites (N-methyl/N-ethyl adjacent to an activating group) is 1. The van der Waals surface area contributed by atoms with Crippen LogP contribution >= 0.6 is 0 Å². The molecular weight excluding hydrogens is 278 g/mol. The van der Waals surface area contributed by atoms with Gasteiger partial charge in [-0.25, -0.2) is 9.48 Å². The van der Waals surface area contributed by atoms with Crippen molar-refractivity contribution in [3.8, 4) is 0 Å².